The summed E-state index contributed by atoms with van der Waals surface area (Å²) in [5.41, 5.74) is 2.64. The Bertz CT molecular complexity index is 1520. The van der Waals surface area contributed by atoms with Crippen molar-refractivity contribution >= 4 is 27.1 Å². The Morgan fingerprint density at radius 1 is 0.915 bits per heavy atom. The van der Waals surface area contributed by atoms with Crippen molar-refractivity contribution in [3.8, 4) is 5.75 Å². The first kappa shape index (κ1) is 34.8. The third-order valence-corrected chi connectivity index (χ3v) is 11.1. The van der Waals surface area contributed by atoms with Gasteiger partial charge in [0.15, 0.2) is 9.84 Å². The zero-order chi connectivity index (χ0) is 33.1. The molecule has 3 aromatic carbocycles. The van der Waals surface area contributed by atoms with E-state index < -0.39 is 9.84 Å². The molecule has 2 fully saturated rings. The molecule has 0 unspecified atom stereocenters. The van der Waals surface area contributed by atoms with Gasteiger partial charge in [0.2, 0.25) is 0 Å². The fraction of sp³-hybridized carbons (Fsp3) is 0.500. The number of piperidine rings is 1. The molecule has 2 aliphatic heterocycles. The normalized spacial score (nSPS) is 15.9. The van der Waals surface area contributed by atoms with Crippen molar-refractivity contribution < 1.29 is 17.9 Å². The Kier molecular flexibility index (Phi) is 12.6. The van der Waals surface area contributed by atoms with E-state index in [-0.39, 0.29) is 22.7 Å². The van der Waals surface area contributed by atoms with E-state index in [0.717, 1.165) is 75.3 Å². The number of hydrogen-bond donors (Lipinski definition) is 1. The van der Waals surface area contributed by atoms with Crippen molar-refractivity contribution in [2.75, 3.05) is 62.2 Å². The van der Waals surface area contributed by atoms with Crippen LogP contribution >= 0.6 is 0 Å². The van der Waals surface area contributed by atoms with Crippen LogP contribution in [0.15, 0.2) is 77.7 Å². The topological polar surface area (TPSA) is 82.2 Å². The molecule has 254 valence electrons. The zero-order valence-electron chi connectivity index (χ0n) is 28.2. The van der Waals surface area contributed by atoms with Crippen LogP contribution in [0.25, 0.3) is 0 Å². The monoisotopic (exact) mass is 660 g/mol. The van der Waals surface area contributed by atoms with Crippen LogP contribution in [0.3, 0.4) is 0 Å². The molecule has 47 heavy (non-hydrogen) atoms. The molecule has 0 atom stereocenters. The lowest BCUT2D eigenvalue weighted by atomic mass is 10.0. The van der Waals surface area contributed by atoms with Gasteiger partial charge in [-0.3, -0.25) is 4.79 Å². The minimum Gasteiger partial charge on any atom is -0.490 e. The molecule has 0 spiro atoms. The highest BCUT2D eigenvalue weighted by Gasteiger charge is 2.31. The van der Waals surface area contributed by atoms with E-state index in [0.29, 0.717) is 37.4 Å². The summed E-state index contributed by atoms with van der Waals surface area (Å²) in [6.45, 7) is 10.7. The number of carbonyl (C=O) groups is 1. The Labute approximate surface area is 282 Å². The van der Waals surface area contributed by atoms with Gasteiger partial charge in [0.1, 0.15) is 11.9 Å². The number of hydrogen-bond acceptors (Lipinski definition) is 7. The molecule has 0 aromatic heterocycles. The maximum atomic E-state index is 14.3. The predicted octanol–water partition coefficient (Wildman–Crippen LogP) is 6.55. The van der Waals surface area contributed by atoms with Gasteiger partial charge < -0.3 is 24.8 Å². The lowest BCUT2D eigenvalue weighted by molar-refractivity contribution is 0.0953. The third-order valence-electron chi connectivity index (χ3n) is 9.36. The van der Waals surface area contributed by atoms with Gasteiger partial charge in [-0.15, -0.1) is 0 Å². The molecule has 9 heteroatoms. The van der Waals surface area contributed by atoms with E-state index >= 15 is 0 Å². The number of nitrogens with one attached hydrogen (secondary N) is 1. The molecule has 2 aliphatic rings. The van der Waals surface area contributed by atoms with Crippen LogP contribution in [0.5, 0.6) is 5.75 Å². The number of nitrogens with zero attached hydrogens (tertiary/aromatic N) is 3. The maximum Gasteiger partial charge on any atom is 0.253 e. The van der Waals surface area contributed by atoms with Crippen LogP contribution in [0.4, 0.5) is 11.4 Å². The van der Waals surface area contributed by atoms with Crippen LogP contribution in [0.2, 0.25) is 0 Å². The Hall–Kier alpha value is -3.56. The van der Waals surface area contributed by atoms with Gasteiger partial charge in [0.25, 0.3) is 5.91 Å². The van der Waals surface area contributed by atoms with Gasteiger partial charge >= 0.3 is 0 Å². The average molecular weight is 661 g/mol. The molecule has 0 aliphatic carbocycles. The second-order valence-electron chi connectivity index (χ2n) is 12.8. The second kappa shape index (κ2) is 17.0. The summed E-state index contributed by atoms with van der Waals surface area (Å²) in [5, 5.41) is 3.11. The number of rotatable bonds is 16. The van der Waals surface area contributed by atoms with Crippen LogP contribution in [0, 0.1) is 0 Å². The van der Waals surface area contributed by atoms with Crippen molar-refractivity contribution in [2.45, 2.75) is 75.5 Å². The second-order valence-corrected chi connectivity index (χ2v) is 14.7. The molecule has 8 nitrogen and oxygen atoms in total. The van der Waals surface area contributed by atoms with Gasteiger partial charge in [-0.1, -0.05) is 68.3 Å². The van der Waals surface area contributed by atoms with Crippen molar-refractivity contribution in [3.05, 3.63) is 83.9 Å². The lowest BCUT2D eigenvalue weighted by Gasteiger charge is -2.36. The molecule has 1 amide bonds. The summed E-state index contributed by atoms with van der Waals surface area (Å²) in [6.07, 6.45) is 7.02. The number of unbranched alkanes of at least 4 members (excludes halogenated alkanes) is 2. The first-order chi connectivity index (χ1) is 22.9. The number of anilines is 2. The third kappa shape index (κ3) is 9.51. The van der Waals surface area contributed by atoms with Crippen LogP contribution in [-0.2, 0) is 15.6 Å². The molecule has 2 saturated heterocycles. The van der Waals surface area contributed by atoms with E-state index in [1.165, 1.54) is 12.8 Å². The summed E-state index contributed by atoms with van der Waals surface area (Å²) in [6, 6.07) is 22.8. The fourth-order valence-electron chi connectivity index (χ4n) is 6.66. The van der Waals surface area contributed by atoms with Crippen molar-refractivity contribution in [3.63, 3.8) is 0 Å². The Balaban J connectivity index is 1.51. The number of benzene rings is 3. The van der Waals surface area contributed by atoms with E-state index in [1.807, 2.05) is 66.7 Å². The van der Waals surface area contributed by atoms with Crippen LogP contribution in [0.1, 0.15) is 74.7 Å². The van der Waals surface area contributed by atoms with Gasteiger partial charge in [-0.25, -0.2) is 8.42 Å². The SMILES string of the molecule is CCCCCNC(=O)c1cc(S(=O)(=O)Cc2ccccc2)c(N2CCC(Oc3ccccc3)CC2)cc1N(CC)CCN1CCCC1. The number of amides is 1. The van der Waals surface area contributed by atoms with E-state index in [9.17, 15) is 13.2 Å². The summed E-state index contributed by atoms with van der Waals surface area (Å²) < 4.78 is 34.9. The van der Waals surface area contributed by atoms with Gasteiger partial charge in [0.05, 0.1) is 27.6 Å². The van der Waals surface area contributed by atoms with E-state index in [4.69, 9.17) is 4.74 Å². The van der Waals surface area contributed by atoms with Gasteiger partial charge in [0, 0.05) is 52.1 Å². The summed E-state index contributed by atoms with van der Waals surface area (Å²) in [7, 11) is -3.79. The quantitative estimate of drug-likeness (QED) is 0.175. The first-order valence-corrected chi connectivity index (χ1v) is 19.2. The number of carbonyl (C=O) groups excluding carboxylic acids is 1. The molecule has 3 aromatic rings. The summed E-state index contributed by atoms with van der Waals surface area (Å²) in [5.74, 6) is 0.510. The zero-order valence-corrected chi connectivity index (χ0v) is 29.0. The van der Waals surface area contributed by atoms with Crippen LogP contribution < -0.4 is 19.9 Å². The first-order valence-electron chi connectivity index (χ1n) is 17.5. The fourth-order valence-corrected chi connectivity index (χ4v) is 8.25. The maximum absolute atomic E-state index is 14.3. The summed E-state index contributed by atoms with van der Waals surface area (Å²) in [4.78, 5) is 21.0. The molecule has 0 bridgehead atoms. The average Bonchev–Trinajstić information content (AvgIpc) is 3.61. The number of sulfone groups is 1. The summed E-state index contributed by atoms with van der Waals surface area (Å²) >= 11 is 0. The van der Waals surface area contributed by atoms with E-state index in [2.05, 4.69) is 33.9 Å². The highest BCUT2D eigenvalue weighted by molar-refractivity contribution is 7.90. The largest absolute Gasteiger partial charge is 0.490 e. The van der Waals surface area contributed by atoms with Crippen molar-refractivity contribution in [1.82, 2.24) is 10.2 Å². The highest BCUT2D eigenvalue weighted by atomic mass is 32.2. The number of likely N-dealkylation sites (tertiary alicyclic amines) is 1. The Morgan fingerprint density at radius 2 is 1.60 bits per heavy atom. The molecule has 0 saturated carbocycles. The van der Waals surface area contributed by atoms with Gasteiger partial charge in [-0.2, -0.15) is 0 Å². The molecule has 5 rings (SSSR count). The molecule has 1 N–H and O–H groups in total. The molecular formula is C38H52N4O4S. The van der Waals surface area contributed by atoms with Crippen molar-refractivity contribution in [1.29, 1.82) is 0 Å². The van der Waals surface area contributed by atoms with E-state index in [1.54, 1.807) is 6.07 Å². The molecule has 0 radical (unpaired) electrons. The van der Waals surface area contributed by atoms with Crippen LogP contribution in [-0.4, -0.2) is 77.7 Å². The number of ether oxygens (including phenoxy) is 1. The lowest BCUT2D eigenvalue weighted by Crippen LogP contribution is -2.40. The number of likely N-dealkylation sites (N-methyl/N-ethyl adjacent to an activating group) is 1. The molecule has 2 heterocycles. The Morgan fingerprint density at radius 3 is 2.26 bits per heavy atom. The molecular weight excluding hydrogens is 609 g/mol. The minimum atomic E-state index is -3.79. The van der Waals surface area contributed by atoms with Gasteiger partial charge in [-0.05, 0) is 69.1 Å². The highest BCUT2D eigenvalue weighted by Crippen LogP contribution is 2.37. The number of para-hydroxylation sites is 1. The predicted molar refractivity (Wildman–Crippen MR) is 191 cm³/mol. The minimum absolute atomic E-state index is 0.0540. The smallest absolute Gasteiger partial charge is 0.253 e. The standard InChI is InChI=1S/C38H52N4O4S/c1-3-5-12-21-39-38(43)34-28-37(47(44,45)30-31-15-8-6-9-16-31)36(29-35(34)41(4-2)27-26-40-22-13-14-23-40)42-24-19-33(20-25-42)46-32-17-10-7-11-18-32/h6-11,15-18,28-29,33H,3-5,12-14,19-27,30H2,1-2H3,(H,39,43). The van der Waals surface area contributed by atoms with Crippen molar-refractivity contribution in [2.24, 2.45) is 0 Å².